The monoisotopic (exact) mass is 797 g/mol. The van der Waals surface area contributed by atoms with Gasteiger partial charge in [0.2, 0.25) is 11.8 Å². The van der Waals surface area contributed by atoms with Crippen molar-refractivity contribution in [3.8, 4) is 11.3 Å². The van der Waals surface area contributed by atoms with Crippen LogP contribution in [0.3, 0.4) is 0 Å². The molecule has 2 atom stereocenters. The third-order valence-corrected chi connectivity index (χ3v) is 14.0. The van der Waals surface area contributed by atoms with Gasteiger partial charge in [-0.25, -0.2) is 9.78 Å². The first-order valence-corrected chi connectivity index (χ1v) is 21.4. The molecule has 2 aromatic carbocycles. The van der Waals surface area contributed by atoms with Crippen LogP contribution in [0.5, 0.6) is 0 Å². The molecule has 3 amide bonds. The molecule has 1 unspecified atom stereocenters. The molecule has 0 bridgehead atoms. The van der Waals surface area contributed by atoms with Crippen molar-refractivity contribution in [1.82, 2.24) is 34.6 Å². The van der Waals surface area contributed by atoms with Crippen LogP contribution in [-0.2, 0) is 16.6 Å². The average molecular weight is 798 g/mol. The van der Waals surface area contributed by atoms with Gasteiger partial charge in [0, 0.05) is 72.9 Å². The molecule has 4 aliphatic rings. The maximum Gasteiger partial charge on any atom is 0.329 e. The molecule has 298 valence electrons. The van der Waals surface area contributed by atoms with Gasteiger partial charge >= 0.3 is 5.69 Å². The third kappa shape index (κ3) is 6.42. The highest BCUT2D eigenvalue weighted by atomic mass is 32.1. The second-order valence-corrected chi connectivity index (χ2v) is 17.6. The first-order chi connectivity index (χ1) is 28.2. The smallest absolute Gasteiger partial charge is 0.329 e. The van der Waals surface area contributed by atoms with Gasteiger partial charge in [-0.1, -0.05) is 12.1 Å². The number of hydrogen-bond acceptors (Lipinski definition) is 10. The number of aromatic nitrogens is 4. The molecule has 4 aliphatic heterocycles. The second-order valence-electron chi connectivity index (χ2n) is 16.6. The Kier molecular flexibility index (Phi) is 9.28. The molecule has 3 saturated heterocycles. The van der Waals surface area contributed by atoms with E-state index in [0.29, 0.717) is 24.8 Å². The molecule has 3 fully saturated rings. The number of nitrogens with zero attached hydrogens (tertiary/aromatic N) is 6. The summed E-state index contributed by atoms with van der Waals surface area (Å²) in [7, 11) is 1.79. The van der Waals surface area contributed by atoms with Crippen LogP contribution in [0.15, 0.2) is 65.7 Å². The SMILES string of the molecule is C[C@@H]1CNc2c(sc3ccc4nc(-c5cncc(N6CCC(CN7CCC(c8cccc9c8n(C)c(=O)n9C8CCC(=O)NC8=O)CC7)CC6)c5)ccc4c23)C(=O)N1. The molecule has 0 spiro atoms. The molecule has 58 heavy (non-hydrogen) atoms. The van der Waals surface area contributed by atoms with Gasteiger partial charge in [-0.05, 0) is 106 Å². The number of amides is 3. The molecule has 0 radical (unpaired) electrons. The molecule has 0 aliphatic carbocycles. The van der Waals surface area contributed by atoms with Gasteiger partial charge in [-0.2, -0.15) is 0 Å². The number of anilines is 2. The van der Waals surface area contributed by atoms with Crippen LogP contribution in [0.25, 0.3) is 43.3 Å². The highest BCUT2D eigenvalue weighted by Crippen LogP contribution is 2.42. The molecule has 13 nitrogen and oxygen atoms in total. The van der Waals surface area contributed by atoms with Gasteiger partial charge in [0.15, 0.2) is 0 Å². The Morgan fingerprint density at radius 1 is 0.914 bits per heavy atom. The lowest BCUT2D eigenvalue weighted by atomic mass is 9.87. The molecule has 4 aromatic heterocycles. The van der Waals surface area contributed by atoms with Gasteiger partial charge in [0.05, 0.1) is 39.8 Å². The van der Waals surface area contributed by atoms with Crippen molar-refractivity contribution < 1.29 is 14.4 Å². The number of hydrogen-bond donors (Lipinski definition) is 3. The minimum absolute atomic E-state index is 0.0257. The van der Waals surface area contributed by atoms with Crippen LogP contribution < -0.4 is 26.5 Å². The Morgan fingerprint density at radius 3 is 2.55 bits per heavy atom. The number of aryl methyl sites for hydroxylation is 1. The van der Waals surface area contributed by atoms with E-state index >= 15 is 0 Å². The molecule has 8 heterocycles. The van der Waals surface area contributed by atoms with Gasteiger partial charge in [-0.15, -0.1) is 11.3 Å². The fourth-order valence-corrected chi connectivity index (χ4v) is 10.9. The minimum atomic E-state index is -0.677. The Balaban J connectivity index is 0.779. The third-order valence-electron chi connectivity index (χ3n) is 12.9. The maximum atomic E-state index is 13.5. The Hall–Kier alpha value is -5.60. The summed E-state index contributed by atoms with van der Waals surface area (Å²) in [5.74, 6) is 0.247. The number of para-hydroxylation sites is 1. The van der Waals surface area contributed by atoms with Crippen LogP contribution in [0, 0.1) is 5.92 Å². The van der Waals surface area contributed by atoms with E-state index in [0.717, 1.165) is 118 Å². The highest BCUT2D eigenvalue weighted by molar-refractivity contribution is 7.21. The number of rotatable bonds is 6. The summed E-state index contributed by atoms with van der Waals surface area (Å²) in [5, 5.41) is 11.1. The molecular formula is C44H47N9O4S. The van der Waals surface area contributed by atoms with E-state index in [1.165, 1.54) is 16.9 Å². The van der Waals surface area contributed by atoms with Crippen LogP contribution in [-0.4, -0.2) is 87.0 Å². The minimum Gasteiger partial charge on any atom is -0.381 e. The van der Waals surface area contributed by atoms with Crippen molar-refractivity contribution >= 4 is 72.5 Å². The van der Waals surface area contributed by atoms with E-state index in [1.54, 1.807) is 16.2 Å². The number of carbonyl (C=O) groups excluding carboxylic acids is 3. The van der Waals surface area contributed by atoms with Crippen molar-refractivity contribution in [2.45, 2.75) is 63.5 Å². The fourth-order valence-electron chi connectivity index (χ4n) is 9.82. The average Bonchev–Trinajstić information content (AvgIpc) is 3.69. The Bertz CT molecular complexity index is 2680. The largest absolute Gasteiger partial charge is 0.381 e. The number of imidazole rings is 1. The maximum absolute atomic E-state index is 13.5. The van der Waals surface area contributed by atoms with E-state index in [2.05, 4.69) is 67.1 Å². The fraction of sp³-hybridized carbons (Fsp3) is 0.409. The van der Waals surface area contributed by atoms with Gasteiger partial charge in [0.1, 0.15) is 10.9 Å². The summed E-state index contributed by atoms with van der Waals surface area (Å²) in [6, 6.07) is 16.0. The van der Waals surface area contributed by atoms with E-state index in [9.17, 15) is 19.2 Å². The van der Waals surface area contributed by atoms with E-state index in [-0.39, 0.29) is 30.0 Å². The van der Waals surface area contributed by atoms with E-state index in [4.69, 9.17) is 4.98 Å². The lowest BCUT2D eigenvalue weighted by Gasteiger charge is -2.38. The van der Waals surface area contributed by atoms with Crippen LogP contribution in [0.2, 0.25) is 0 Å². The van der Waals surface area contributed by atoms with Crippen LogP contribution in [0.1, 0.15) is 72.6 Å². The number of pyridine rings is 2. The molecule has 3 N–H and O–H groups in total. The predicted molar refractivity (Wildman–Crippen MR) is 228 cm³/mol. The Morgan fingerprint density at radius 2 is 1.74 bits per heavy atom. The summed E-state index contributed by atoms with van der Waals surface area (Å²) in [5.41, 5.74) is 7.41. The van der Waals surface area contributed by atoms with Crippen molar-refractivity contribution in [3.63, 3.8) is 0 Å². The van der Waals surface area contributed by atoms with Gasteiger partial charge < -0.3 is 20.4 Å². The molecule has 10 rings (SSSR count). The molecule has 0 saturated carbocycles. The number of fused-ring (bicyclic) bond motifs is 6. The number of thiophene rings is 1. The lowest BCUT2D eigenvalue weighted by molar-refractivity contribution is -0.135. The quantitative estimate of drug-likeness (QED) is 0.179. The van der Waals surface area contributed by atoms with Crippen molar-refractivity contribution in [1.29, 1.82) is 0 Å². The Labute approximate surface area is 339 Å². The number of piperidine rings is 3. The first kappa shape index (κ1) is 36.7. The zero-order valence-electron chi connectivity index (χ0n) is 32.8. The first-order valence-electron chi connectivity index (χ1n) is 20.6. The number of imide groups is 1. The van der Waals surface area contributed by atoms with Crippen molar-refractivity contribution in [2.75, 3.05) is 49.5 Å². The van der Waals surface area contributed by atoms with E-state index < -0.39 is 11.9 Å². The summed E-state index contributed by atoms with van der Waals surface area (Å²) < 4.78 is 4.35. The predicted octanol–water partition coefficient (Wildman–Crippen LogP) is 5.78. The highest BCUT2D eigenvalue weighted by Gasteiger charge is 2.33. The molecule has 6 aromatic rings. The normalized spacial score (nSPS) is 21.3. The number of carbonyl (C=O) groups is 3. The summed E-state index contributed by atoms with van der Waals surface area (Å²) >= 11 is 1.52. The second kappa shape index (κ2) is 14.7. The van der Waals surface area contributed by atoms with Gasteiger partial charge in [0.25, 0.3) is 5.91 Å². The number of benzene rings is 2. The number of nitrogens with one attached hydrogen (secondary N) is 3. The zero-order valence-corrected chi connectivity index (χ0v) is 33.6. The zero-order chi connectivity index (χ0) is 39.7. The standard InChI is InChI=1S/C44H47N9O4S/c1-25-21-46-39-38-31-6-7-32(48-33(31)8-10-36(38)58-41(39)43(56)47-25)28-20-29(23-45-22-28)52-18-12-26(13-19-52)24-51-16-14-27(15-17-51)30-4-3-5-34-40(30)50(2)44(57)53(34)35-9-11-37(54)49-42(35)55/h3-8,10,20,22-23,25-27,35,46H,9,11-19,21,24H2,1-2H3,(H,47,56)(H,49,54,55)/t25-,35?/m1/s1. The van der Waals surface area contributed by atoms with Crippen molar-refractivity contribution in [3.05, 3.63) is 81.8 Å². The number of likely N-dealkylation sites (tertiary alicyclic amines) is 1. The van der Waals surface area contributed by atoms with E-state index in [1.807, 2.05) is 31.5 Å². The van der Waals surface area contributed by atoms with Crippen LogP contribution in [0.4, 0.5) is 11.4 Å². The summed E-state index contributed by atoms with van der Waals surface area (Å²) in [6.45, 7) is 7.77. The lowest BCUT2D eigenvalue weighted by Crippen LogP contribution is -2.44. The van der Waals surface area contributed by atoms with Gasteiger partial charge in [-0.3, -0.25) is 33.8 Å². The summed E-state index contributed by atoms with van der Waals surface area (Å²) in [4.78, 5) is 66.5. The van der Waals surface area contributed by atoms with Crippen LogP contribution >= 0.6 is 11.3 Å². The molecular weight excluding hydrogens is 751 g/mol. The molecule has 14 heteroatoms. The van der Waals surface area contributed by atoms with Crippen molar-refractivity contribution in [2.24, 2.45) is 13.0 Å². The summed E-state index contributed by atoms with van der Waals surface area (Å²) in [6.07, 6.45) is 8.71. The topological polar surface area (TPSA) is 146 Å².